The van der Waals surface area contributed by atoms with Crippen LogP contribution in [-0.2, 0) is 4.74 Å². The molecule has 0 unspecified atom stereocenters. The molecule has 0 aliphatic carbocycles. The zero-order chi connectivity index (χ0) is 12.3. The normalized spacial score (nSPS) is 9.67. The van der Waals surface area contributed by atoms with Crippen molar-refractivity contribution >= 4 is 22.0 Å². The standard InChI is InChI=1S/C8H16BrNO2.C2H3F/c1-8(2,3)12-7(11)10-6-4-5-9;1-2-3/h4-6H2,1-3H3,(H,10,11);2H,1H2. The van der Waals surface area contributed by atoms with E-state index in [9.17, 15) is 9.18 Å². The second-order valence-electron chi connectivity index (χ2n) is 3.63. The van der Waals surface area contributed by atoms with Crippen LogP contribution in [0.25, 0.3) is 0 Å². The van der Waals surface area contributed by atoms with Gasteiger partial charge in [-0.2, -0.15) is 0 Å². The van der Waals surface area contributed by atoms with Gasteiger partial charge in [0.2, 0.25) is 0 Å². The van der Waals surface area contributed by atoms with Gasteiger partial charge in [-0.05, 0) is 27.2 Å². The lowest BCUT2D eigenvalue weighted by atomic mass is 10.2. The predicted octanol–water partition coefficient (Wildman–Crippen LogP) is 3.40. The molecule has 0 aromatic carbocycles. The van der Waals surface area contributed by atoms with Crippen LogP contribution >= 0.6 is 15.9 Å². The largest absolute Gasteiger partial charge is 0.444 e. The van der Waals surface area contributed by atoms with Gasteiger partial charge in [0.1, 0.15) is 5.60 Å². The van der Waals surface area contributed by atoms with E-state index in [0.717, 1.165) is 11.8 Å². The van der Waals surface area contributed by atoms with Crippen molar-refractivity contribution in [3.05, 3.63) is 12.9 Å². The fraction of sp³-hybridized carbons (Fsp3) is 0.700. The van der Waals surface area contributed by atoms with Crippen LogP contribution in [0.3, 0.4) is 0 Å². The molecule has 0 radical (unpaired) electrons. The second kappa shape index (κ2) is 9.96. The highest BCUT2D eigenvalue weighted by atomic mass is 79.9. The summed E-state index contributed by atoms with van der Waals surface area (Å²) in [7, 11) is 0. The number of halogens is 2. The Balaban J connectivity index is 0. The maximum atomic E-state index is 11.0. The lowest BCUT2D eigenvalue weighted by Crippen LogP contribution is -2.33. The van der Waals surface area contributed by atoms with E-state index in [1.54, 1.807) is 0 Å². The van der Waals surface area contributed by atoms with Crippen LogP contribution in [-0.4, -0.2) is 23.6 Å². The number of hydrogen-bond donors (Lipinski definition) is 1. The minimum absolute atomic E-state index is 0.250. The molecule has 0 saturated heterocycles. The van der Waals surface area contributed by atoms with E-state index in [1.165, 1.54) is 0 Å². The molecule has 0 spiro atoms. The van der Waals surface area contributed by atoms with Gasteiger partial charge in [0.25, 0.3) is 0 Å². The van der Waals surface area contributed by atoms with Gasteiger partial charge in [-0.3, -0.25) is 0 Å². The number of ether oxygens (including phenoxy) is 1. The van der Waals surface area contributed by atoms with Crippen LogP contribution in [0.1, 0.15) is 27.2 Å². The summed E-state index contributed by atoms with van der Waals surface area (Å²) in [5.74, 6) is 0. The number of hydrogen-bond acceptors (Lipinski definition) is 2. The molecule has 0 rings (SSSR count). The van der Waals surface area contributed by atoms with Crippen molar-refractivity contribution in [2.75, 3.05) is 11.9 Å². The van der Waals surface area contributed by atoms with Crippen molar-refractivity contribution in [2.45, 2.75) is 32.8 Å². The topological polar surface area (TPSA) is 38.3 Å². The van der Waals surface area contributed by atoms with Gasteiger partial charge in [-0.15, -0.1) is 0 Å². The highest BCUT2D eigenvalue weighted by Crippen LogP contribution is 2.06. The summed E-state index contributed by atoms with van der Waals surface area (Å²) in [6.07, 6.45) is 0.822. The van der Waals surface area contributed by atoms with E-state index >= 15 is 0 Å². The number of nitrogens with one attached hydrogen (secondary N) is 1. The van der Waals surface area contributed by atoms with E-state index in [-0.39, 0.29) is 12.4 Å². The third-order valence-corrected chi connectivity index (χ3v) is 1.54. The molecular formula is C10H19BrFNO2. The summed E-state index contributed by atoms with van der Waals surface area (Å²) in [6.45, 7) is 8.88. The Hall–Kier alpha value is -0.580. The summed E-state index contributed by atoms with van der Waals surface area (Å²) in [5, 5.41) is 3.54. The molecule has 15 heavy (non-hydrogen) atoms. The molecule has 0 atom stereocenters. The lowest BCUT2D eigenvalue weighted by molar-refractivity contribution is 0.0528. The van der Waals surface area contributed by atoms with Crippen LogP contribution in [0.15, 0.2) is 12.9 Å². The number of alkyl carbamates (subject to hydrolysis) is 1. The average molecular weight is 284 g/mol. The van der Waals surface area contributed by atoms with Crippen LogP contribution < -0.4 is 5.32 Å². The Morgan fingerprint density at radius 3 is 2.40 bits per heavy atom. The Labute approximate surface area is 99.2 Å². The molecule has 0 aromatic heterocycles. The summed E-state index contributed by atoms with van der Waals surface area (Å²) in [5.41, 5.74) is -0.404. The SMILES string of the molecule is C=CF.CC(C)(C)OC(=O)NCCCBr. The number of rotatable bonds is 3. The minimum atomic E-state index is -0.404. The molecular weight excluding hydrogens is 265 g/mol. The first-order valence-corrected chi connectivity index (χ1v) is 5.73. The smallest absolute Gasteiger partial charge is 0.407 e. The first-order valence-electron chi connectivity index (χ1n) is 4.61. The van der Waals surface area contributed by atoms with Gasteiger partial charge in [-0.1, -0.05) is 22.5 Å². The van der Waals surface area contributed by atoms with Crippen molar-refractivity contribution in [1.29, 1.82) is 0 Å². The molecule has 0 saturated carbocycles. The van der Waals surface area contributed by atoms with E-state index < -0.39 is 5.60 Å². The molecule has 0 aliphatic heterocycles. The molecule has 90 valence electrons. The number of carbonyl (C=O) groups is 1. The molecule has 0 heterocycles. The lowest BCUT2D eigenvalue weighted by Gasteiger charge is -2.19. The molecule has 0 aromatic rings. The number of amides is 1. The van der Waals surface area contributed by atoms with Crippen LogP contribution in [0.5, 0.6) is 0 Å². The van der Waals surface area contributed by atoms with Crippen molar-refractivity contribution in [3.8, 4) is 0 Å². The second-order valence-corrected chi connectivity index (χ2v) is 4.42. The van der Waals surface area contributed by atoms with Crippen molar-refractivity contribution in [2.24, 2.45) is 0 Å². The Morgan fingerprint density at radius 2 is 2.07 bits per heavy atom. The molecule has 5 heteroatoms. The summed E-state index contributed by atoms with van der Waals surface area (Å²) >= 11 is 3.27. The number of alkyl halides is 1. The minimum Gasteiger partial charge on any atom is -0.444 e. The molecule has 1 N–H and O–H groups in total. The average Bonchev–Trinajstić information content (AvgIpc) is 2.02. The van der Waals surface area contributed by atoms with E-state index in [0.29, 0.717) is 6.54 Å². The molecule has 0 aliphatic rings. The van der Waals surface area contributed by atoms with E-state index in [1.807, 2.05) is 20.8 Å². The fourth-order valence-electron chi connectivity index (χ4n) is 0.571. The number of carbonyl (C=O) groups excluding carboxylic acids is 1. The van der Waals surface area contributed by atoms with E-state index in [4.69, 9.17) is 4.74 Å². The van der Waals surface area contributed by atoms with Crippen LogP contribution in [0.4, 0.5) is 9.18 Å². The molecule has 3 nitrogen and oxygen atoms in total. The zero-order valence-electron chi connectivity index (χ0n) is 9.48. The first-order chi connectivity index (χ1) is 6.87. The van der Waals surface area contributed by atoms with Gasteiger partial charge in [0.15, 0.2) is 0 Å². The highest BCUT2D eigenvalue weighted by Gasteiger charge is 2.14. The third kappa shape index (κ3) is 19.7. The van der Waals surface area contributed by atoms with Crippen molar-refractivity contribution in [3.63, 3.8) is 0 Å². The highest BCUT2D eigenvalue weighted by molar-refractivity contribution is 9.09. The summed E-state index contributed by atoms with van der Waals surface area (Å²) in [6, 6.07) is 0. The monoisotopic (exact) mass is 283 g/mol. The molecule has 0 fully saturated rings. The van der Waals surface area contributed by atoms with Gasteiger partial charge >= 0.3 is 6.09 Å². The van der Waals surface area contributed by atoms with Gasteiger partial charge in [0.05, 0.1) is 6.33 Å². The maximum absolute atomic E-state index is 11.0. The predicted molar refractivity (Wildman–Crippen MR) is 64.0 cm³/mol. The third-order valence-electron chi connectivity index (χ3n) is 0.979. The van der Waals surface area contributed by atoms with Gasteiger partial charge < -0.3 is 10.1 Å². The summed E-state index contributed by atoms with van der Waals surface area (Å²) in [4.78, 5) is 11.0. The summed E-state index contributed by atoms with van der Waals surface area (Å²) < 4.78 is 15.1. The van der Waals surface area contributed by atoms with Gasteiger partial charge in [0, 0.05) is 11.9 Å². The Bertz CT molecular complexity index is 181. The quantitative estimate of drug-likeness (QED) is 0.637. The first kappa shape index (κ1) is 16.8. The Morgan fingerprint density at radius 1 is 1.60 bits per heavy atom. The molecule has 0 bridgehead atoms. The van der Waals surface area contributed by atoms with Crippen LogP contribution in [0, 0.1) is 0 Å². The van der Waals surface area contributed by atoms with Crippen molar-refractivity contribution in [1.82, 2.24) is 5.32 Å². The van der Waals surface area contributed by atoms with E-state index in [2.05, 4.69) is 27.8 Å². The Kier molecular flexibility index (Phi) is 11.2. The van der Waals surface area contributed by atoms with Crippen LogP contribution in [0.2, 0.25) is 0 Å². The van der Waals surface area contributed by atoms with Crippen molar-refractivity contribution < 1.29 is 13.9 Å². The molecule has 1 amide bonds. The zero-order valence-corrected chi connectivity index (χ0v) is 11.1. The maximum Gasteiger partial charge on any atom is 0.407 e. The van der Waals surface area contributed by atoms with Gasteiger partial charge in [-0.25, -0.2) is 9.18 Å². The fourth-order valence-corrected chi connectivity index (χ4v) is 0.852.